The van der Waals surface area contributed by atoms with Crippen molar-refractivity contribution in [2.24, 2.45) is 5.73 Å². The van der Waals surface area contributed by atoms with Gasteiger partial charge in [0.2, 0.25) is 0 Å². The summed E-state index contributed by atoms with van der Waals surface area (Å²) in [5.74, 6) is 0.913. The number of benzene rings is 1. The van der Waals surface area contributed by atoms with E-state index in [2.05, 4.69) is 10.1 Å². The van der Waals surface area contributed by atoms with Crippen LogP contribution in [0.1, 0.15) is 30.8 Å². The quantitative estimate of drug-likeness (QED) is 0.906. The highest BCUT2D eigenvalue weighted by atomic mass is 16.5. The van der Waals surface area contributed by atoms with Crippen molar-refractivity contribution in [1.29, 1.82) is 0 Å². The summed E-state index contributed by atoms with van der Waals surface area (Å²) in [6.45, 7) is 5.99. The van der Waals surface area contributed by atoms with Gasteiger partial charge in [0.05, 0.1) is 19.8 Å². The van der Waals surface area contributed by atoms with E-state index < -0.39 is 5.54 Å². The fourth-order valence-electron chi connectivity index (χ4n) is 2.26. The molecule has 0 amide bonds. The molecule has 0 saturated heterocycles. The van der Waals surface area contributed by atoms with Crippen molar-refractivity contribution in [3.63, 3.8) is 0 Å². The first kappa shape index (κ1) is 14.2. The van der Waals surface area contributed by atoms with E-state index in [-0.39, 0.29) is 0 Å². The van der Waals surface area contributed by atoms with Gasteiger partial charge in [0, 0.05) is 12.2 Å². The Balaban J connectivity index is 1.84. The summed E-state index contributed by atoms with van der Waals surface area (Å²) in [7, 11) is 0. The predicted octanol–water partition coefficient (Wildman–Crippen LogP) is 1.98. The average molecular weight is 289 g/mol. The molecule has 0 aliphatic carbocycles. The number of fused-ring (bicyclic) bond motifs is 1. The maximum atomic E-state index is 6.18. The van der Waals surface area contributed by atoms with Crippen LogP contribution in [0, 0.1) is 0 Å². The van der Waals surface area contributed by atoms with Crippen molar-refractivity contribution in [3.05, 3.63) is 35.2 Å². The molecule has 0 bridgehead atoms. The Kier molecular flexibility index (Phi) is 3.75. The minimum atomic E-state index is -0.766. The average Bonchev–Trinajstić information content (AvgIpc) is 3.13. The molecule has 2 N–H and O–H groups in total. The second kappa shape index (κ2) is 5.55. The first-order valence-electron chi connectivity index (χ1n) is 7.01. The molecular weight excluding hydrogens is 270 g/mol. The summed E-state index contributed by atoms with van der Waals surface area (Å²) >= 11 is 0. The maximum Gasteiger partial charge on any atom is 0.258 e. The Bertz CT molecular complexity index is 637. The van der Waals surface area contributed by atoms with E-state index in [1.165, 1.54) is 5.56 Å². The Labute approximate surface area is 123 Å². The third kappa shape index (κ3) is 2.83. The van der Waals surface area contributed by atoms with Gasteiger partial charge in [0.25, 0.3) is 5.89 Å². The number of hydrogen-bond acceptors (Lipinski definition) is 6. The third-order valence-electron chi connectivity index (χ3n) is 3.51. The van der Waals surface area contributed by atoms with Gasteiger partial charge in [0.15, 0.2) is 5.82 Å². The van der Waals surface area contributed by atoms with E-state index in [1.807, 2.05) is 32.0 Å². The number of hydrogen-bond donors (Lipinski definition) is 1. The van der Waals surface area contributed by atoms with Crippen LogP contribution in [0.25, 0.3) is 11.5 Å². The molecule has 2 heterocycles. The molecule has 6 heteroatoms. The molecule has 1 aliphatic heterocycles. The Morgan fingerprint density at radius 2 is 2.14 bits per heavy atom. The first-order chi connectivity index (χ1) is 10.1. The van der Waals surface area contributed by atoms with Crippen molar-refractivity contribution in [2.75, 3.05) is 13.2 Å². The van der Waals surface area contributed by atoms with Crippen molar-refractivity contribution >= 4 is 0 Å². The van der Waals surface area contributed by atoms with Crippen LogP contribution in [0.3, 0.4) is 0 Å². The van der Waals surface area contributed by atoms with Gasteiger partial charge in [-0.2, -0.15) is 4.98 Å². The summed E-state index contributed by atoms with van der Waals surface area (Å²) in [5, 5.41) is 3.99. The van der Waals surface area contributed by atoms with Crippen LogP contribution in [0.4, 0.5) is 0 Å². The molecule has 0 saturated carbocycles. The van der Waals surface area contributed by atoms with Gasteiger partial charge in [-0.3, -0.25) is 0 Å². The van der Waals surface area contributed by atoms with Crippen LogP contribution in [-0.4, -0.2) is 23.4 Å². The van der Waals surface area contributed by atoms with E-state index in [4.69, 9.17) is 19.7 Å². The van der Waals surface area contributed by atoms with Crippen LogP contribution in [0.5, 0.6) is 0 Å². The topological polar surface area (TPSA) is 83.4 Å². The number of rotatable bonds is 5. The summed E-state index contributed by atoms with van der Waals surface area (Å²) in [6, 6.07) is 6.01. The zero-order valence-corrected chi connectivity index (χ0v) is 12.3. The zero-order valence-electron chi connectivity index (χ0n) is 12.3. The normalized spacial score (nSPS) is 16.7. The molecule has 1 unspecified atom stereocenters. The largest absolute Gasteiger partial charge is 0.379 e. The molecule has 21 heavy (non-hydrogen) atoms. The molecule has 0 spiro atoms. The van der Waals surface area contributed by atoms with E-state index in [0.29, 0.717) is 38.1 Å². The first-order valence-corrected chi connectivity index (χ1v) is 7.01. The summed E-state index contributed by atoms with van der Waals surface area (Å²) in [6.07, 6.45) is 0. The van der Waals surface area contributed by atoms with Crippen LogP contribution in [0.15, 0.2) is 22.7 Å². The molecule has 1 atom stereocenters. The third-order valence-corrected chi connectivity index (χ3v) is 3.51. The van der Waals surface area contributed by atoms with Gasteiger partial charge in [-0.05, 0) is 37.1 Å². The van der Waals surface area contributed by atoms with Crippen LogP contribution in [0.2, 0.25) is 0 Å². The summed E-state index contributed by atoms with van der Waals surface area (Å²) in [4.78, 5) is 4.41. The number of nitrogens with two attached hydrogens (primary N) is 1. The Hall–Kier alpha value is -1.76. The van der Waals surface area contributed by atoms with Gasteiger partial charge < -0.3 is 19.7 Å². The van der Waals surface area contributed by atoms with Crippen LogP contribution >= 0.6 is 0 Å². The molecule has 3 rings (SSSR count). The zero-order chi connectivity index (χ0) is 14.9. The van der Waals surface area contributed by atoms with Crippen molar-refractivity contribution in [1.82, 2.24) is 10.1 Å². The van der Waals surface area contributed by atoms with Gasteiger partial charge in [-0.25, -0.2) is 0 Å². The minimum Gasteiger partial charge on any atom is -0.379 e. The highest BCUT2D eigenvalue weighted by Crippen LogP contribution is 2.27. The Morgan fingerprint density at radius 1 is 1.33 bits per heavy atom. The SMILES string of the molecule is CCOCC(C)(N)c1noc(-c2ccc3c(c2)COC3)n1. The van der Waals surface area contributed by atoms with Crippen molar-refractivity contribution < 1.29 is 14.0 Å². The molecule has 6 nitrogen and oxygen atoms in total. The lowest BCUT2D eigenvalue weighted by Crippen LogP contribution is -2.39. The summed E-state index contributed by atoms with van der Waals surface area (Å²) in [5.41, 5.74) is 8.66. The lowest BCUT2D eigenvalue weighted by Gasteiger charge is -2.19. The van der Waals surface area contributed by atoms with E-state index in [9.17, 15) is 0 Å². The van der Waals surface area contributed by atoms with Gasteiger partial charge in [0.1, 0.15) is 5.54 Å². The van der Waals surface area contributed by atoms with Gasteiger partial charge in [-0.1, -0.05) is 11.2 Å². The molecular formula is C15H19N3O3. The number of aromatic nitrogens is 2. The minimum absolute atomic E-state index is 0.348. The molecule has 1 aromatic carbocycles. The van der Waals surface area contributed by atoms with E-state index >= 15 is 0 Å². The molecule has 2 aromatic rings. The van der Waals surface area contributed by atoms with Gasteiger partial charge in [-0.15, -0.1) is 0 Å². The van der Waals surface area contributed by atoms with Crippen molar-refractivity contribution in [2.45, 2.75) is 32.6 Å². The highest BCUT2D eigenvalue weighted by molar-refractivity contribution is 5.56. The van der Waals surface area contributed by atoms with Crippen LogP contribution in [-0.2, 0) is 28.2 Å². The second-order valence-electron chi connectivity index (χ2n) is 5.45. The standard InChI is InChI=1S/C15H19N3O3/c1-3-19-9-15(2,16)14-17-13(21-18-14)10-4-5-11-7-20-8-12(11)6-10/h4-6H,3,7-9,16H2,1-2H3. The van der Waals surface area contributed by atoms with Gasteiger partial charge >= 0.3 is 0 Å². The van der Waals surface area contributed by atoms with E-state index in [1.54, 1.807) is 0 Å². The molecule has 1 aromatic heterocycles. The molecule has 0 radical (unpaired) electrons. The highest BCUT2D eigenvalue weighted by Gasteiger charge is 2.28. The number of nitrogens with zero attached hydrogens (tertiary/aromatic N) is 2. The fraction of sp³-hybridized carbons (Fsp3) is 0.467. The maximum absolute atomic E-state index is 6.18. The molecule has 112 valence electrons. The van der Waals surface area contributed by atoms with E-state index in [0.717, 1.165) is 11.1 Å². The fourth-order valence-corrected chi connectivity index (χ4v) is 2.26. The number of ether oxygens (including phenoxy) is 2. The predicted molar refractivity (Wildman–Crippen MR) is 76.3 cm³/mol. The molecule has 0 fully saturated rings. The smallest absolute Gasteiger partial charge is 0.258 e. The molecule has 1 aliphatic rings. The second-order valence-corrected chi connectivity index (χ2v) is 5.45. The monoisotopic (exact) mass is 289 g/mol. The van der Waals surface area contributed by atoms with Crippen LogP contribution < -0.4 is 5.73 Å². The van der Waals surface area contributed by atoms with Crippen molar-refractivity contribution in [3.8, 4) is 11.5 Å². The lowest BCUT2D eigenvalue weighted by molar-refractivity contribution is 0.0962. The lowest BCUT2D eigenvalue weighted by atomic mass is 10.0. The Morgan fingerprint density at radius 3 is 2.95 bits per heavy atom. The summed E-state index contributed by atoms with van der Waals surface area (Å²) < 4.78 is 16.1.